The van der Waals surface area contributed by atoms with Gasteiger partial charge in [0.25, 0.3) is 21.8 Å². The Morgan fingerprint density at radius 2 is 1.63 bits per heavy atom. The number of aromatic nitrogens is 4. The molecule has 2 aromatic heterocycles. The van der Waals surface area contributed by atoms with Gasteiger partial charge in [0.15, 0.2) is 10.7 Å². The Labute approximate surface area is 292 Å². The molecule has 2 aliphatic rings. The van der Waals surface area contributed by atoms with Crippen LogP contribution >= 0.6 is 23.2 Å². The fourth-order valence-corrected chi connectivity index (χ4v) is 8.77. The van der Waals surface area contributed by atoms with Crippen molar-refractivity contribution < 1.29 is 18.0 Å². The lowest BCUT2D eigenvalue weighted by Gasteiger charge is -2.28. The standard InChI is InChI=1S/C34H30Cl2N8O4S/c1-34(17-21-7-9-22(10-8-21)23-18-38-20-39-19-23)32(46)43(28-14-24(35)13-25(36)15-28)33-41-29(30(45)40-27-6-4-5-26(37)16-27)31(44(33)34)49(47,48)42-11-2-3-12-42/h4-10,13-16,18-20H,2-3,11-12,17,37H2,1H3,(H,40,45)/t34-/m1/s1. The van der Waals surface area contributed by atoms with Gasteiger partial charge in [-0.25, -0.2) is 28.3 Å². The smallest absolute Gasteiger partial charge is 0.277 e. The molecule has 0 bridgehead atoms. The summed E-state index contributed by atoms with van der Waals surface area (Å²) >= 11 is 12.8. The molecule has 0 radical (unpaired) electrons. The van der Waals surface area contributed by atoms with Gasteiger partial charge >= 0.3 is 0 Å². The van der Waals surface area contributed by atoms with Crippen molar-refractivity contribution in [1.82, 2.24) is 23.8 Å². The summed E-state index contributed by atoms with van der Waals surface area (Å²) in [5.41, 5.74) is 7.45. The van der Waals surface area contributed by atoms with Crippen LogP contribution in [0.4, 0.5) is 23.0 Å². The summed E-state index contributed by atoms with van der Waals surface area (Å²) in [6.45, 7) is 2.18. The second-order valence-corrected chi connectivity index (χ2v) is 14.9. The van der Waals surface area contributed by atoms with E-state index in [1.54, 1.807) is 43.6 Å². The number of fused-ring (bicyclic) bond motifs is 1. The van der Waals surface area contributed by atoms with E-state index in [1.165, 1.54) is 38.3 Å². The SMILES string of the molecule is C[C@@]1(Cc2ccc(-c3cncnc3)cc2)C(=O)N(c2cc(Cl)cc(Cl)c2)c2nc(C(=O)Nc3cccc(N)c3)c(S(=O)(=O)N3CCCC3)n21. The largest absolute Gasteiger partial charge is 0.399 e. The third-order valence-electron chi connectivity index (χ3n) is 8.69. The molecule has 12 nitrogen and oxygen atoms in total. The summed E-state index contributed by atoms with van der Waals surface area (Å²) in [5.74, 6) is -1.31. The third kappa shape index (κ3) is 5.92. The van der Waals surface area contributed by atoms with Crippen molar-refractivity contribution in [1.29, 1.82) is 0 Å². The van der Waals surface area contributed by atoms with Crippen LogP contribution in [0.1, 0.15) is 35.8 Å². The lowest BCUT2D eigenvalue weighted by Crippen LogP contribution is -2.43. The van der Waals surface area contributed by atoms with Crippen LogP contribution in [0, 0.1) is 0 Å². The first-order valence-corrected chi connectivity index (χ1v) is 17.6. The predicted octanol–water partition coefficient (Wildman–Crippen LogP) is 5.90. The molecule has 0 unspecified atom stereocenters. The first-order chi connectivity index (χ1) is 23.5. The van der Waals surface area contributed by atoms with Gasteiger partial charge in [-0.05, 0) is 67.3 Å². The number of halogens is 2. The minimum absolute atomic E-state index is 0.0561. The number of nitrogen functional groups attached to an aromatic ring is 1. The Balaban J connectivity index is 1.42. The molecular weight excluding hydrogens is 687 g/mol. The highest BCUT2D eigenvalue weighted by Crippen LogP contribution is 2.46. The zero-order chi connectivity index (χ0) is 34.5. The Bertz CT molecular complexity index is 2190. The number of benzene rings is 3. The second-order valence-electron chi connectivity index (χ2n) is 12.1. The molecule has 3 aromatic carbocycles. The van der Waals surface area contributed by atoms with Crippen molar-refractivity contribution in [2.24, 2.45) is 0 Å². The summed E-state index contributed by atoms with van der Waals surface area (Å²) in [5, 5.41) is 2.87. The van der Waals surface area contributed by atoms with Gasteiger partial charge in [0.1, 0.15) is 11.9 Å². The van der Waals surface area contributed by atoms with Crippen LogP contribution in [0.5, 0.6) is 0 Å². The first kappa shape index (κ1) is 32.7. The van der Waals surface area contributed by atoms with E-state index >= 15 is 0 Å². The van der Waals surface area contributed by atoms with Crippen LogP contribution in [0.3, 0.4) is 0 Å². The molecule has 0 saturated carbocycles. The molecule has 5 aromatic rings. The van der Waals surface area contributed by atoms with Crippen LogP contribution in [0.15, 0.2) is 90.5 Å². The highest BCUT2D eigenvalue weighted by Gasteiger charge is 2.54. The van der Waals surface area contributed by atoms with E-state index in [-0.39, 0.29) is 51.9 Å². The van der Waals surface area contributed by atoms with Crippen molar-refractivity contribution in [3.05, 3.63) is 107 Å². The number of imidazole rings is 1. The fraction of sp³-hybridized carbons (Fsp3) is 0.206. The monoisotopic (exact) mass is 716 g/mol. The van der Waals surface area contributed by atoms with Gasteiger partial charge in [-0.1, -0.05) is 53.5 Å². The summed E-state index contributed by atoms with van der Waals surface area (Å²) in [7, 11) is -4.34. The number of hydrogen-bond donors (Lipinski definition) is 2. The predicted molar refractivity (Wildman–Crippen MR) is 187 cm³/mol. The van der Waals surface area contributed by atoms with E-state index in [2.05, 4.69) is 20.3 Å². The van der Waals surface area contributed by atoms with Gasteiger partial charge in [-0.3, -0.25) is 14.2 Å². The molecule has 0 spiro atoms. The quantitative estimate of drug-likeness (QED) is 0.188. The van der Waals surface area contributed by atoms with Crippen LogP contribution in [-0.4, -0.2) is 57.1 Å². The van der Waals surface area contributed by atoms with E-state index in [9.17, 15) is 18.0 Å². The summed E-state index contributed by atoms with van der Waals surface area (Å²) in [4.78, 5) is 42.8. The topological polar surface area (TPSA) is 156 Å². The van der Waals surface area contributed by atoms with Crippen LogP contribution in [0.2, 0.25) is 10.0 Å². The first-order valence-electron chi connectivity index (χ1n) is 15.4. The molecule has 1 atom stereocenters. The van der Waals surface area contributed by atoms with Crippen LogP contribution in [-0.2, 0) is 26.8 Å². The number of nitrogens with two attached hydrogens (primary N) is 1. The van der Waals surface area contributed by atoms with Gasteiger partial charge in [0.2, 0.25) is 5.95 Å². The minimum atomic E-state index is -4.34. The fourth-order valence-electron chi connectivity index (χ4n) is 6.38. The van der Waals surface area contributed by atoms with E-state index in [0.29, 0.717) is 24.2 Å². The molecular formula is C34H30Cl2N8O4S. The normalized spacial score (nSPS) is 17.8. The summed E-state index contributed by atoms with van der Waals surface area (Å²) in [6.07, 6.45) is 6.22. The zero-order valence-electron chi connectivity index (χ0n) is 26.2. The molecule has 4 heterocycles. The molecule has 250 valence electrons. The zero-order valence-corrected chi connectivity index (χ0v) is 28.5. The average molecular weight is 718 g/mol. The van der Waals surface area contributed by atoms with Crippen molar-refractivity contribution >= 4 is 68.1 Å². The third-order valence-corrected chi connectivity index (χ3v) is 11.0. The van der Waals surface area contributed by atoms with E-state index in [0.717, 1.165) is 16.7 Å². The van der Waals surface area contributed by atoms with Crippen LogP contribution in [0.25, 0.3) is 11.1 Å². The van der Waals surface area contributed by atoms with E-state index < -0.39 is 27.4 Å². The lowest BCUT2D eigenvalue weighted by molar-refractivity contribution is -0.124. The summed E-state index contributed by atoms with van der Waals surface area (Å²) in [6, 6.07) is 18.6. The second kappa shape index (κ2) is 12.6. The number of carbonyl (C=O) groups is 2. The molecule has 49 heavy (non-hydrogen) atoms. The molecule has 3 N–H and O–H groups in total. The van der Waals surface area contributed by atoms with Crippen molar-refractivity contribution in [3.63, 3.8) is 0 Å². The van der Waals surface area contributed by atoms with Crippen molar-refractivity contribution in [2.45, 2.75) is 36.8 Å². The highest BCUT2D eigenvalue weighted by molar-refractivity contribution is 7.89. The van der Waals surface area contributed by atoms with Crippen molar-refractivity contribution in [3.8, 4) is 11.1 Å². The molecule has 2 amide bonds. The average Bonchev–Trinajstić information content (AvgIpc) is 3.79. The maximum Gasteiger partial charge on any atom is 0.277 e. The molecule has 1 fully saturated rings. The van der Waals surface area contributed by atoms with Gasteiger partial charge in [0, 0.05) is 58.9 Å². The number of carbonyl (C=O) groups excluding carboxylic acids is 2. The van der Waals surface area contributed by atoms with E-state index in [1.807, 2.05) is 24.3 Å². The number of amides is 2. The molecule has 2 aliphatic heterocycles. The van der Waals surface area contributed by atoms with E-state index in [4.69, 9.17) is 28.9 Å². The van der Waals surface area contributed by atoms with Gasteiger partial charge in [-0.2, -0.15) is 4.31 Å². The molecule has 15 heteroatoms. The maximum absolute atomic E-state index is 14.7. The van der Waals surface area contributed by atoms with Crippen molar-refractivity contribution in [2.75, 3.05) is 29.0 Å². The minimum Gasteiger partial charge on any atom is -0.399 e. The van der Waals surface area contributed by atoms with Gasteiger partial charge < -0.3 is 11.1 Å². The Hall–Kier alpha value is -4.82. The molecule has 0 aliphatic carbocycles. The van der Waals surface area contributed by atoms with Gasteiger partial charge in [0.05, 0.1) is 5.69 Å². The Kier molecular flexibility index (Phi) is 8.39. The number of anilines is 4. The summed E-state index contributed by atoms with van der Waals surface area (Å²) < 4.78 is 31.8. The number of sulfonamides is 1. The number of rotatable bonds is 8. The lowest BCUT2D eigenvalue weighted by atomic mass is 9.91. The Morgan fingerprint density at radius 3 is 2.29 bits per heavy atom. The maximum atomic E-state index is 14.7. The number of nitrogens with zero attached hydrogens (tertiary/aromatic N) is 6. The Morgan fingerprint density at radius 1 is 0.959 bits per heavy atom. The molecule has 7 rings (SSSR count). The number of nitrogens with one attached hydrogen (secondary N) is 1. The van der Waals surface area contributed by atoms with Gasteiger partial charge in [-0.15, -0.1) is 0 Å². The molecule has 1 saturated heterocycles. The number of hydrogen-bond acceptors (Lipinski definition) is 8. The van der Waals surface area contributed by atoms with Crippen LogP contribution < -0.4 is 16.0 Å². The highest BCUT2D eigenvalue weighted by atomic mass is 35.5.